The maximum Gasteiger partial charge on any atom is 0.231 e. The van der Waals surface area contributed by atoms with Gasteiger partial charge in [-0.1, -0.05) is 47.5 Å². The van der Waals surface area contributed by atoms with Crippen molar-refractivity contribution >= 4 is 52.7 Å². The number of aromatic nitrogens is 4. The van der Waals surface area contributed by atoms with Crippen LogP contribution in [0.3, 0.4) is 0 Å². The molecule has 0 bridgehead atoms. The van der Waals surface area contributed by atoms with E-state index in [9.17, 15) is 25.3 Å². The Bertz CT molecular complexity index is 1640. The van der Waals surface area contributed by atoms with Crippen molar-refractivity contribution in [1.82, 2.24) is 20.4 Å². The molecule has 2 heterocycles. The lowest BCUT2D eigenvalue weighted by molar-refractivity contribution is 0.465. The van der Waals surface area contributed by atoms with Gasteiger partial charge in [-0.3, -0.25) is 0 Å². The molecule has 4 aromatic rings. The number of halogens is 2. The topological polar surface area (TPSA) is 180 Å². The maximum atomic E-state index is 12.6. The Morgan fingerprint density at radius 3 is 1.00 bits per heavy atom. The summed E-state index contributed by atoms with van der Waals surface area (Å²) in [6.45, 7) is 0. The summed E-state index contributed by atoms with van der Waals surface area (Å²) in [6.07, 6.45) is 0. The first-order valence-corrected chi connectivity index (χ1v) is 17.2. The number of hydrogen-bond donors (Lipinski definition) is 0. The van der Waals surface area contributed by atoms with Crippen LogP contribution < -0.4 is 0 Å². The first kappa shape index (κ1) is 29.1. The lowest BCUT2D eigenvalue weighted by Gasteiger charge is -2.02. The van der Waals surface area contributed by atoms with Gasteiger partial charge in [-0.2, -0.15) is 0 Å². The predicted molar refractivity (Wildman–Crippen MR) is 140 cm³/mol. The molecule has 0 aliphatic rings. The third-order valence-electron chi connectivity index (χ3n) is 4.99. The summed E-state index contributed by atoms with van der Waals surface area (Å²) in [5.74, 6) is -4.37. The quantitative estimate of drug-likeness (QED) is 0.222. The molecular weight excluding hydrogens is 615 g/mol. The Morgan fingerprint density at radius 2 is 0.718 bits per heavy atom. The smallest absolute Gasteiger partial charge is 0.231 e. The van der Waals surface area contributed by atoms with Crippen molar-refractivity contribution in [2.24, 2.45) is 0 Å². The van der Waals surface area contributed by atoms with Crippen molar-refractivity contribution in [3.8, 4) is 0 Å². The standard InChI is InChI=1S/C22H20Cl2N4O8S3/c23-17-5-1-15(2-6-17)9-37(29,30)11-19-25-27-21(35-19)13-39(33,34)14-22-28-26-20(36-22)12-38(31,32)10-16-3-7-18(24)8-4-16/h1-8H,9-14H2. The molecule has 0 saturated heterocycles. The summed E-state index contributed by atoms with van der Waals surface area (Å²) in [5, 5.41) is 15.4. The van der Waals surface area contributed by atoms with E-state index in [0.29, 0.717) is 21.2 Å². The highest BCUT2D eigenvalue weighted by molar-refractivity contribution is 7.90. The fourth-order valence-electron chi connectivity index (χ4n) is 3.38. The molecule has 0 radical (unpaired) electrons. The Morgan fingerprint density at radius 1 is 0.462 bits per heavy atom. The van der Waals surface area contributed by atoms with Crippen LogP contribution >= 0.6 is 23.2 Å². The zero-order chi connectivity index (χ0) is 28.3. The highest BCUT2D eigenvalue weighted by Gasteiger charge is 2.24. The first-order valence-electron chi connectivity index (χ1n) is 11.0. The number of sulfone groups is 3. The molecule has 0 atom stereocenters. The third kappa shape index (κ3) is 9.10. The molecule has 2 aromatic heterocycles. The molecule has 0 fully saturated rings. The molecule has 0 N–H and O–H groups in total. The minimum atomic E-state index is -3.97. The van der Waals surface area contributed by atoms with E-state index in [0.717, 1.165) is 0 Å². The molecule has 2 aromatic carbocycles. The summed E-state index contributed by atoms with van der Waals surface area (Å²) < 4.78 is 85.4. The van der Waals surface area contributed by atoms with Crippen LogP contribution in [0.15, 0.2) is 57.4 Å². The van der Waals surface area contributed by atoms with Crippen LogP contribution in [0.5, 0.6) is 0 Å². The van der Waals surface area contributed by atoms with Gasteiger partial charge in [-0.25, -0.2) is 25.3 Å². The second-order valence-electron chi connectivity index (χ2n) is 8.53. The molecule has 0 saturated carbocycles. The van der Waals surface area contributed by atoms with Crippen molar-refractivity contribution in [3.63, 3.8) is 0 Å². The average Bonchev–Trinajstić information content (AvgIpc) is 3.43. The first-order chi connectivity index (χ1) is 18.3. The van der Waals surface area contributed by atoms with Gasteiger partial charge in [0.1, 0.15) is 23.0 Å². The van der Waals surface area contributed by atoms with Crippen LogP contribution in [0, 0.1) is 0 Å². The average molecular weight is 636 g/mol. The highest BCUT2D eigenvalue weighted by Crippen LogP contribution is 2.18. The summed E-state index contributed by atoms with van der Waals surface area (Å²) in [5.41, 5.74) is 1.02. The van der Waals surface area contributed by atoms with E-state index < -0.39 is 52.5 Å². The molecule has 12 nitrogen and oxygen atoms in total. The number of hydrogen-bond acceptors (Lipinski definition) is 12. The Hall–Kier alpha value is -2.85. The van der Waals surface area contributed by atoms with E-state index in [1.165, 1.54) is 0 Å². The van der Waals surface area contributed by atoms with Crippen LogP contribution in [-0.2, 0) is 64.0 Å². The van der Waals surface area contributed by atoms with Gasteiger partial charge in [-0.05, 0) is 35.4 Å². The summed E-state index contributed by atoms with van der Waals surface area (Å²) in [4.78, 5) is 0. The van der Waals surface area contributed by atoms with E-state index in [2.05, 4.69) is 20.4 Å². The molecule has 0 unspecified atom stereocenters. The Kier molecular flexibility index (Phi) is 8.75. The van der Waals surface area contributed by atoms with Crippen molar-refractivity contribution < 1.29 is 34.1 Å². The third-order valence-corrected chi connectivity index (χ3v) is 9.79. The van der Waals surface area contributed by atoms with Crippen LogP contribution in [0.2, 0.25) is 10.0 Å². The summed E-state index contributed by atoms with van der Waals surface area (Å²) in [7, 11) is -11.4. The highest BCUT2D eigenvalue weighted by atomic mass is 35.5. The van der Waals surface area contributed by atoms with Crippen molar-refractivity contribution in [3.05, 3.63) is 93.3 Å². The van der Waals surface area contributed by atoms with Crippen LogP contribution in [0.1, 0.15) is 34.7 Å². The minimum Gasteiger partial charge on any atom is -0.423 e. The Balaban J connectivity index is 1.33. The van der Waals surface area contributed by atoms with Gasteiger partial charge in [0.05, 0.1) is 11.5 Å². The molecule has 0 aliphatic heterocycles. The Labute approximate surface area is 234 Å². The second kappa shape index (κ2) is 11.7. The van der Waals surface area contributed by atoms with Crippen LogP contribution in [0.25, 0.3) is 0 Å². The largest absolute Gasteiger partial charge is 0.423 e. The van der Waals surface area contributed by atoms with Gasteiger partial charge in [0.15, 0.2) is 29.5 Å². The minimum absolute atomic E-state index is 0.264. The molecule has 4 rings (SSSR count). The molecule has 39 heavy (non-hydrogen) atoms. The van der Waals surface area contributed by atoms with Gasteiger partial charge in [-0.15, -0.1) is 20.4 Å². The van der Waals surface area contributed by atoms with Crippen LogP contribution in [0.4, 0.5) is 0 Å². The lowest BCUT2D eigenvalue weighted by atomic mass is 10.2. The van der Waals surface area contributed by atoms with Crippen molar-refractivity contribution in [2.75, 3.05) is 0 Å². The lowest BCUT2D eigenvalue weighted by Crippen LogP contribution is -2.09. The maximum absolute atomic E-state index is 12.6. The van der Waals surface area contributed by atoms with Gasteiger partial charge < -0.3 is 8.83 Å². The van der Waals surface area contributed by atoms with E-state index >= 15 is 0 Å². The predicted octanol–water partition coefficient (Wildman–Crippen LogP) is 3.10. The normalized spacial score (nSPS) is 12.6. The van der Waals surface area contributed by atoms with Crippen LogP contribution in [-0.4, -0.2) is 45.6 Å². The number of benzene rings is 2. The SMILES string of the molecule is O=S(=O)(Cc1ccc(Cl)cc1)Cc1nnc(CS(=O)(=O)Cc2nnc(CS(=O)(=O)Cc3ccc(Cl)cc3)o2)o1. The monoisotopic (exact) mass is 634 g/mol. The summed E-state index contributed by atoms with van der Waals surface area (Å²) in [6, 6.07) is 12.5. The van der Waals surface area contributed by atoms with Gasteiger partial charge in [0.2, 0.25) is 23.6 Å². The van der Waals surface area contributed by atoms with E-state index in [1.807, 2.05) is 0 Å². The van der Waals surface area contributed by atoms with E-state index in [1.54, 1.807) is 48.5 Å². The molecular formula is C22H20Cl2N4O8S3. The zero-order valence-corrected chi connectivity index (χ0v) is 23.9. The van der Waals surface area contributed by atoms with Gasteiger partial charge in [0, 0.05) is 10.0 Å². The molecule has 0 aliphatic carbocycles. The zero-order valence-electron chi connectivity index (χ0n) is 19.9. The fourth-order valence-corrected chi connectivity index (χ4v) is 7.32. The van der Waals surface area contributed by atoms with Crippen molar-refractivity contribution in [2.45, 2.75) is 34.5 Å². The molecule has 0 amide bonds. The van der Waals surface area contributed by atoms with E-state index in [4.69, 9.17) is 32.0 Å². The van der Waals surface area contributed by atoms with Gasteiger partial charge >= 0.3 is 0 Å². The number of nitrogens with zero attached hydrogens (tertiary/aromatic N) is 4. The van der Waals surface area contributed by atoms with Crippen molar-refractivity contribution in [1.29, 1.82) is 0 Å². The molecule has 17 heteroatoms. The second-order valence-corrected chi connectivity index (χ2v) is 15.6. The molecule has 208 valence electrons. The van der Waals surface area contributed by atoms with Gasteiger partial charge in [0.25, 0.3) is 0 Å². The molecule has 0 spiro atoms. The number of rotatable bonds is 12. The van der Waals surface area contributed by atoms with E-state index in [-0.39, 0.29) is 35.1 Å². The fraction of sp³-hybridized carbons (Fsp3) is 0.273. The summed E-state index contributed by atoms with van der Waals surface area (Å²) >= 11 is 11.6.